The maximum atomic E-state index is 13.2. The second-order valence-electron chi connectivity index (χ2n) is 8.09. The smallest absolute Gasteiger partial charge is 0.257 e. The summed E-state index contributed by atoms with van der Waals surface area (Å²) in [4.78, 5) is 35.8. The van der Waals surface area contributed by atoms with E-state index in [0.29, 0.717) is 22.7 Å². The van der Waals surface area contributed by atoms with Crippen molar-refractivity contribution in [2.24, 2.45) is 0 Å². The molecule has 0 fully saturated rings. The lowest BCUT2D eigenvalue weighted by atomic mass is 9.95. The SMILES string of the molecule is O=C(Nc1sc2c(c1C(=O)NCc1cn3c(n1)CCCC3)CCCC2)c1cccnc1. The van der Waals surface area contributed by atoms with Crippen LogP contribution in [0.2, 0.25) is 0 Å². The van der Waals surface area contributed by atoms with Crippen molar-refractivity contribution in [2.75, 3.05) is 5.32 Å². The number of nitrogens with zero attached hydrogens (tertiary/aromatic N) is 3. The number of imidazole rings is 1. The highest BCUT2D eigenvalue weighted by Gasteiger charge is 2.27. The minimum Gasteiger partial charge on any atom is -0.346 e. The molecule has 2 amide bonds. The van der Waals surface area contributed by atoms with Crippen LogP contribution < -0.4 is 10.6 Å². The van der Waals surface area contributed by atoms with Gasteiger partial charge in [0.15, 0.2) is 0 Å². The normalized spacial score (nSPS) is 15.1. The fourth-order valence-electron chi connectivity index (χ4n) is 4.38. The van der Waals surface area contributed by atoms with E-state index in [9.17, 15) is 9.59 Å². The summed E-state index contributed by atoms with van der Waals surface area (Å²) < 4.78 is 2.19. The van der Waals surface area contributed by atoms with Gasteiger partial charge in [0.25, 0.3) is 11.8 Å². The molecule has 160 valence electrons. The van der Waals surface area contributed by atoms with E-state index < -0.39 is 0 Å². The van der Waals surface area contributed by atoms with Crippen LogP contribution in [-0.2, 0) is 32.4 Å². The Morgan fingerprint density at radius 2 is 1.97 bits per heavy atom. The fraction of sp³-hybridized carbons (Fsp3) is 0.391. The molecule has 5 rings (SSSR count). The third-order valence-corrected chi connectivity index (χ3v) is 7.14. The van der Waals surface area contributed by atoms with Crippen molar-refractivity contribution in [3.8, 4) is 0 Å². The summed E-state index contributed by atoms with van der Waals surface area (Å²) in [6.45, 7) is 1.39. The first-order chi connectivity index (χ1) is 15.2. The molecule has 4 heterocycles. The van der Waals surface area contributed by atoms with E-state index in [4.69, 9.17) is 0 Å². The molecule has 3 aromatic rings. The van der Waals surface area contributed by atoms with E-state index in [-0.39, 0.29) is 11.8 Å². The number of aromatic nitrogens is 3. The molecule has 0 aromatic carbocycles. The van der Waals surface area contributed by atoms with Crippen molar-refractivity contribution < 1.29 is 9.59 Å². The molecule has 8 heteroatoms. The van der Waals surface area contributed by atoms with Crippen molar-refractivity contribution in [1.29, 1.82) is 0 Å². The molecule has 2 N–H and O–H groups in total. The number of thiophene rings is 1. The van der Waals surface area contributed by atoms with Crippen molar-refractivity contribution in [2.45, 2.75) is 58.0 Å². The lowest BCUT2D eigenvalue weighted by molar-refractivity contribution is 0.0950. The predicted molar refractivity (Wildman–Crippen MR) is 119 cm³/mol. The number of hydrogen-bond acceptors (Lipinski definition) is 5. The maximum absolute atomic E-state index is 13.2. The first-order valence-electron chi connectivity index (χ1n) is 10.9. The van der Waals surface area contributed by atoms with Crippen LogP contribution in [-0.4, -0.2) is 26.3 Å². The van der Waals surface area contributed by atoms with Crippen molar-refractivity contribution >= 4 is 28.2 Å². The number of rotatable bonds is 5. The molecule has 1 aliphatic carbocycles. The summed E-state index contributed by atoms with van der Waals surface area (Å²) in [5.41, 5.74) is 3.05. The number of hydrogen-bond donors (Lipinski definition) is 2. The van der Waals surface area contributed by atoms with E-state index in [2.05, 4.69) is 25.2 Å². The van der Waals surface area contributed by atoms with Crippen LogP contribution in [0.25, 0.3) is 0 Å². The number of nitrogens with one attached hydrogen (secondary N) is 2. The van der Waals surface area contributed by atoms with Crippen molar-refractivity contribution in [3.05, 3.63) is 63.8 Å². The van der Waals surface area contributed by atoms with E-state index in [1.807, 2.05) is 6.20 Å². The molecule has 2 aliphatic rings. The minimum atomic E-state index is -0.248. The average molecular weight is 436 g/mol. The zero-order valence-corrected chi connectivity index (χ0v) is 18.1. The highest BCUT2D eigenvalue weighted by atomic mass is 32.1. The molecule has 1 aliphatic heterocycles. The Bertz CT molecular complexity index is 1100. The largest absolute Gasteiger partial charge is 0.346 e. The average Bonchev–Trinajstić information content (AvgIpc) is 3.38. The Morgan fingerprint density at radius 3 is 2.81 bits per heavy atom. The predicted octanol–water partition coefficient (Wildman–Crippen LogP) is 3.74. The van der Waals surface area contributed by atoms with Crippen molar-refractivity contribution in [3.63, 3.8) is 0 Å². The molecule has 0 bridgehead atoms. The number of fused-ring (bicyclic) bond motifs is 2. The number of anilines is 1. The Morgan fingerprint density at radius 1 is 1.10 bits per heavy atom. The van der Waals surface area contributed by atoms with Crippen LogP contribution in [0.1, 0.15) is 68.4 Å². The molecule has 3 aromatic heterocycles. The molecule has 7 nitrogen and oxygen atoms in total. The molecule has 0 radical (unpaired) electrons. The molecule has 0 unspecified atom stereocenters. The fourth-order valence-corrected chi connectivity index (χ4v) is 5.66. The first-order valence-corrected chi connectivity index (χ1v) is 11.7. The number of pyridine rings is 1. The van der Waals surface area contributed by atoms with E-state index in [1.165, 1.54) is 35.3 Å². The Hall–Kier alpha value is -3.00. The van der Waals surface area contributed by atoms with Crippen LogP contribution in [0.3, 0.4) is 0 Å². The number of aryl methyl sites for hydroxylation is 3. The van der Waals surface area contributed by atoms with Gasteiger partial charge in [-0.3, -0.25) is 14.6 Å². The minimum absolute atomic E-state index is 0.146. The molecule has 31 heavy (non-hydrogen) atoms. The van der Waals surface area contributed by atoms with Gasteiger partial charge in [-0.25, -0.2) is 4.98 Å². The second-order valence-corrected chi connectivity index (χ2v) is 9.20. The Kier molecular flexibility index (Phi) is 5.55. The quantitative estimate of drug-likeness (QED) is 0.639. The van der Waals surface area contributed by atoms with Gasteiger partial charge in [0.1, 0.15) is 10.8 Å². The zero-order chi connectivity index (χ0) is 21.2. The summed E-state index contributed by atoms with van der Waals surface area (Å²) in [5, 5.41) is 6.63. The topological polar surface area (TPSA) is 88.9 Å². The van der Waals surface area contributed by atoms with Gasteiger partial charge < -0.3 is 15.2 Å². The highest BCUT2D eigenvalue weighted by Crippen LogP contribution is 2.38. The second kappa shape index (κ2) is 8.63. The van der Waals surface area contributed by atoms with Crippen LogP contribution >= 0.6 is 11.3 Å². The third kappa shape index (κ3) is 4.12. The van der Waals surface area contributed by atoms with Gasteiger partial charge in [0.05, 0.1) is 23.4 Å². The lowest BCUT2D eigenvalue weighted by Gasteiger charge is -2.13. The molecule has 0 saturated heterocycles. The maximum Gasteiger partial charge on any atom is 0.257 e. The van der Waals surface area contributed by atoms with Gasteiger partial charge in [-0.15, -0.1) is 11.3 Å². The summed E-state index contributed by atoms with van der Waals surface area (Å²) in [6, 6.07) is 3.45. The standard InChI is InChI=1S/C23H25N5O2S/c29-21(15-6-5-10-24-12-15)27-23-20(17-7-1-2-8-18(17)31-23)22(30)25-13-16-14-28-11-4-3-9-19(28)26-16/h5-6,10,12,14H,1-4,7-9,11,13H2,(H,25,30)(H,27,29). The zero-order valence-electron chi connectivity index (χ0n) is 17.3. The molecular formula is C23H25N5O2S. The van der Waals surface area contributed by atoms with E-state index >= 15 is 0 Å². The van der Waals surface area contributed by atoms with Crippen molar-refractivity contribution in [1.82, 2.24) is 19.9 Å². The summed E-state index contributed by atoms with van der Waals surface area (Å²) in [5.74, 6) is 0.710. The van der Waals surface area contributed by atoms with Gasteiger partial charge in [0.2, 0.25) is 0 Å². The third-order valence-electron chi connectivity index (χ3n) is 5.94. The van der Waals surface area contributed by atoms with Crippen LogP contribution in [0, 0.1) is 0 Å². The van der Waals surface area contributed by atoms with Crippen LogP contribution in [0.5, 0.6) is 0 Å². The molecule has 0 saturated carbocycles. The van der Waals surface area contributed by atoms with Crippen LogP contribution in [0.4, 0.5) is 5.00 Å². The molecule has 0 atom stereocenters. The van der Waals surface area contributed by atoms with Gasteiger partial charge in [0, 0.05) is 36.4 Å². The van der Waals surface area contributed by atoms with Gasteiger partial charge >= 0.3 is 0 Å². The summed E-state index contributed by atoms with van der Waals surface area (Å²) in [6.07, 6.45) is 12.6. The monoisotopic (exact) mass is 435 g/mol. The number of amides is 2. The first kappa shape index (κ1) is 19.9. The van der Waals surface area contributed by atoms with Crippen LogP contribution in [0.15, 0.2) is 30.7 Å². The van der Waals surface area contributed by atoms with Gasteiger partial charge in [-0.05, 0) is 56.2 Å². The Balaban J connectivity index is 1.36. The lowest BCUT2D eigenvalue weighted by Crippen LogP contribution is -2.25. The Labute approximate surface area is 184 Å². The summed E-state index contributed by atoms with van der Waals surface area (Å²) in [7, 11) is 0. The van der Waals surface area contributed by atoms with Gasteiger partial charge in [-0.1, -0.05) is 0 Å². The van der Waals surface area contributed by atoms with E-state index in [1.54, 1.807) is 18.3 Å². The number of carbonyl (C=O) groups is 2. The highest BCUT2D eigenvalue weighted by molar-refractivity contribution is 7.17. The van der Waals surface area contributed by atoms with Gasteiger partial charge in [-0.2, -0.15) is 0 Å². The molecular weight excluding hydrogens is 410 g/mol. The number of carbonyl (C=O) groups excluding carboxylic acids is 2. The molecule has 0 spiro atoms. The van der Waals surface area contributed by atoms with E-state index in [0.717, 1.165) is 55.7 Å². The summed E-state index contributed by atoms with van der Waals surface area (Å²) >= 11 is 1.52.